The molecule has 0 radical (unpaired) electrons. The second kappa shape index (κ2) is 32.0. The quantitative estimate of drug-likeness (QED) is 0.0555. The summed E-state index contributed by atoms with van der Waals surface area (Å²) < 4.78 is 0. The summed E-state index contributed by atoms with van der Waals surface area (Å²) in [4.78, 5) is 24.6. The molecule has 40 heavy (non-hydrogen) atoms. The number of carboxylic acids is 1. The smallest absolute Gasteiger partial charge is 0.549 e. The molecule has 0 saturated carbocycles. The van der Waals surface area contributed by atoms with Gasteiger partial charge in [0.1, 0.15) is 5.78 Å². The van der Waals surface area contributed by atoms with E-state index in [-0.39, 0.29) is 35.3 Å². The van der Waals surface area contributed by atoms with Gasteiger partial charge in [0.2, 0.25) is 0 Å². The molecule has 0 bridgehead atoms. The van der Waals surface area contributed by atoms with Crippen LogP contribution in [0.3, 0.4) is 0 Å². The number of carboxylic acid groups (broad SMARTS) is 1. The van der Waals surface area contributed by atoms with Crippen molar-refractivity contribution in [3.63, 3.8) is 0 Å². The fraction of sp³-hybridized carbons (Fsp3) is 0.943. The molecule has 1 atom stereocenters. The second-order valence-electron chi connectivity index (χ2n) is 12.5. The maximum absolute atomic E-state index is 12.8. The Hall–Kier alpha value is 0.100. The third kappa shape index (κ3) is 25.8. The number of carbonyl (C=O) groups is 2. The molecule has 4 nitrogen and oxygen atoms in total. The van der Waals surface area contributed by atoms with Crippen molar-refractivity contribution in [1.29, 1.82) is 0 Å². The maximum atomic E-state index is 12.8. The van der Waals surface area contributed by atoms with Gasteiger partial charge >= 0.3 is 29.6 Å². The van der Waals surface area contributed by atoms with Crippen molar-refractivity contribution in [3.8, 4) is 0 Å². The summed E-state index contributed by atoms with van der Waals surface area (Å²) >= 11 is 0. The molecular weight excluding hydrogens is 507 g/mol. The van der Waals surface area contributed by atoms with Gasteiger partial charge in [0.05, 0.1) is 11.4 Å². The van der Waals surface area contributed by atoms with Crippen LogP contribution in [0.5, 0.6) is 0 Å². The molecular formula is C35H67NaO4. The molecule has 0 fully saturated rings. The van der Waals surface area contributed by atoms with E-state index in [1.807, 2.05) is 0 Å². The van der Waals surface area contributed by atoms with E-state index in [2.05, 4.69) is 6.92 Å². The minimum Gasteiger partial charge on any atom is -0.549 e. The number of rotatable bonds is 32. The fourth-order valence-electron chi connectivity index (χ4n) is 5.65. The number of aliphatic carboxylic acids is 1. The van der Waals surface area contributed by atoms with E-state index in [4.69, 9.17) is 5.11 Å². The van der Waals surface area contributed by atoms with E-state index in [1.54, 1.807) is 6.92 Å². The number of aliphatic hydroxyl groups is 1. The Morgan fingerprint density at radius 1 is 0.525 bits per heavy atom. The Labute approximate surface area is 271 Å². The van der Waals surface area contributed by atoms with Crippen molar-refractivity contribution >= 4 is 11.8 Å². The summed E-state index contributed by atoms with van der Waals surface area (Å²) in [5.74, 6) is -1.31. The molecule has 5 heteroatoms. The number of aliphatic hydroxyl groups excluding tert-OH is 1. The molecule has 1 unspecified atom stereocenters. The van der Waals surface area contributed by atoms with Gasteiger partial charge in [-0.15, -0.1) is 0 Å². The molecule has 0 aromatic carbocycles. The molecule has 0 aliphatic heterocycles. The SMILES string of the molecule is CCCCCCCCCCCCCCCC(=O)C(C)(CCCCCCCCCCCCCCCCO)C(=O)[O-].[Na+]. The predicted molar refractivity (Wildman–Crippen MR) is 165 cm³/mol. The van der Waals surface area contributed by atoms with Crippen molar-refractivity contribution in [1.82, 2.24) is 0 Å². The number of hydrogen-bond acceptors (Lipinski definition) is 4. The van der Waals surface area contributed by atoms with Gasteiger partial charge in [0, 0.05) is 13.0 Å². The molecule has 0 spiro atoms. The van der Waals surface area contributed by atoms with Gasteiger partial charge in [-0.3, -0.25) is 4.79 Å². The summed E-state index contributed by atoms with van der Waals surface area (Å²) in [5, 5.41) is 20.6. The van der Waals surface area contributed by atoms with Crippen molar-refractivity contribution in [2.75, 3.05) is 6.61 Å². The van der Waals surface area contributed by atoms with Crippen molar-refractivity contribution in [3.05, 3.63) is 0 Å². The minimum atomic E-state index is -1.31. The summed E-state index contributed by atoms with van der Waals surface area (Å²) in [6, 6.07) is 0. The summed E-state index contributed by atoms with van der Waals surface area (Å²) in [5.41, 5.74) is -1.31. The van der Waals surface area contributed by atoms with E-state index in [0.717, 1.165) is 51.4 Å². The number of hydrogen-bond donors (Lipinski definition) is 1. The molecule has 1 N–H and O–H groups in total. The van der Waals surface area contributed by atoms with Crippen LogP contribution in [-0.4, -0.2) is 23.5 Å². The molecule has 0 rings (SSSR count). The van der Waals surface area contributed by atoms with Gasteiger partial charge in [-0.25, -0.2) is 0 Å². The average molecular weight is 575 g/mol. The summed E-state index contributed by atoms with van der Waals surface area (Å²) in [6.45, 7) is 4.18. The zero-order valence-electron chi connectivity index (χ0n) is 27.4. The number of carbonyl (C=O) groups excluding carboxylic acids is 2. The van der Waals surface area contributed by atoms with E-state index in [1.165, 1.54) is 122 Å². The molecule has 0 heterocycles. The first-order valence-electron chi connectivity index (χ1n) is 17.3. The van der Waals surface area contributed by atoms with E-state index in [9.17, 15) is 14.7 Å². The van der Waals surface area contributed by atoms with Crippen LogP contribution >= 0.6 is 0 Å². The van der Waals surface area contributed by atoms with Gasteiger partial charge in [-0.1, -0.05) is 167 Å². The molecule has 0 amide bonds. The summed E-state index contributed by atoms with van der Waals surface area (Å²) in [7, 11) is 0. The predicted octanol–water partition coefficient (Wildman–Crippen LogP) is 6.64. The average Bonchev–Trinajstić information content (AvgIpc) is 2.93. The number of unbranched alkanes of at least 4 members (excludes halogenated alkanes) is 25. The molecule has 0 aliphatic rings. The van der Waals surface area contributed by atoms with Crippen molar-refractivity contribution < 1.29 is 49.4 Å². The monoisotopic (exact) mass is 574 g/mol. The molecule has 0 aliphatic carbocycles. The van der Waals surface area contributed by atoms with E-state index in [0.29, 0.717) is 19.4 Å². The first-order valence-corrected chi connectivity index (χ1v) is 17.3. The molecule has 0 aromatic heterocycles. The maximum Gasteiger partial charge on any atom is 1.00 e. The molecule has 232 valence electrons. The van der Waals surface area contributed by atoms with Crippen LogP contribution in [0.2, 0.25) is 0 Å². The van der Waals surface area contributed by atoms with Crippen LogP contribution in [0.4, 0.5) is 0 Å². The molecule has 0 saturated heterocycles. The van der Waals surface area contributed by atoms with Crippen LogP contribution in [0.15, 0.2) is 0 Å². The summed E-state index contributed by atoms with van der Waals surface area (Å²) in [6.07, 6.45) is 33.8. The first kappa shape index (κ1) is 42.2. The Morgan fingerprint density at radius 2 is 0.825 bits per heavy atom. The van der Waals surface area contributed by atoms with E-state index < -0.39 is 11.4 Å². The third-order valence-electron chi connectivity index (χ3n) is 8.66. The third-order valence-corrected chi connectivity index (χ3v) is 8.66. The Bertz CT molecular complexity index is 554. The Balaban J connectivity index is 0. The van der Waals surface area contributed by atoms with Crippen LogP contribution in [0.1, 0.15) is 200 Å². The first-order chi connectivity index (χ1) is 19.0. The van der Waals surface area contributed by atoms with Crippen molar-refractivity contribution in [2.45, 2.75) is 200 Å². The van der Waals surface area contributed by atoms with E-state index >= 15 is 0 Å². The van der Waals surface area contributed by atoms with Gasteiger partial charge < -0.3 is 15.0 Å². The Morgan fingerprint density at radius 3 is 1.15 bits per heavy atom. The fourth-order valence-corrected chi connectivity index (χ4v) is 5.65. The normalized spacial score (nSPS) is 12.7. The molecule has 0 aromatic rings. The van der Waals surface area contributed by atoms with Crippen LogP contribution in [0, 0.1) is 5.41 Å². The number of Topliss-reactive ketones (excluding diaryl/α,β-unsaturated/α-hetero) is 1. The second-order valence-corrected chi connectivity index (χ2v) is 12.5. The minimum absolute atomic E-state index is 0. The Kier molecular flexibility index (Phi) is 33.8. The van der Waals surface area contributed by atoms with Gasteiger partial charge in [-0.2, -0.15) is 0 Å². The number of ketones is 1. The van der Waals surface area contributed by atoms with Crippen LogP contribution in [-0.2, 0) is 9.59 Å². The van der Waals surface area contributed by atoms with Crippen LogP contribution in [0.25, 0.3) is 0 Å². The zero-order valence-corrected chi connectivity index (χ0v) is 29.4. The van der Waals surface area contributed by atoms with Crippen LogP contribution < -0.4 is 34.7 Å². The standard InChI is InChI=1S/C35H68O4.Na/c1-3-4-5-6-7-8-9-12-15-18-21-24-27-30-33(37)35(2,34(38)39)31-28-25-22-19-16-13-10-11-14-17-20-23-26-29-32-36;/h36H,3-32H2,1-2H3,(H,38,39);/q;+1/p-1. The van der Waals surface area contributed by atoms with Gasteiger partial charge in [0.25, 0.3) is 0 Å². The van der Waals surface area contributed by atoms with Gasteiger partial charge in [-0.05, 0) is 26.2 Å². The topological polar surface area (TPSA) is 77.4 Å². The largest absolute Gasteiger partial charge is 1.00 e. The van der Waals surface area contributed by atoms with Gasteiger partial charge in [0.15, 0.2) is 0 Å². The zero-order chi connectivity index (χ0) is 28.9. The van der Waals surface area contributed by atoms with Crippen molar-refractivity contribution in [2.24, 2.45) is 5.41 Å².